The van der Waals surface area contributed by atoms with Gasteiger partial charge in [0.15, 0.2) is 5.82 Å². The van der Waals surface area contributed by atoms with E-state index in [2.05, 4.69) is 29.9 Å². The summed E-state index contributed by atoms with van der Waals surface area (Å²) in [7, 11) is 0. The van der Waals surface area contributed by atoms with Crippen LogP contribution in [0.4, 0.5) is 0 Å². The summed E-state index contributed by atoms with van der Waals surface area (Å²) in [4.78, 5) is 21.7. The van der Waals surface area contributed by atoms with Crippen molar-refractivity contribution in [1.29, 1.82) is 5.26 Å². The molecule has 0 unspecified atom stereocenters. The average Bonchev–Trinajstić information content (AvgIpc) is 2.93. The zero-order chi connectivity index (χ0) is 26.3. The predicted molar refractivity (Wildman–Crippen MR) is 149 cm³/mol. The molecule has 0 saturated heterocycles. The number of aryl methyl sites for hydroxylation is 2. The van der Waals surface area contributed by atoms with Gasteiger partial charge >= 0.3 is 5.97 Å². The molecular weight excluding hydrogens is 458 g/mol. The second kappa shape index (κ2) is 15.6. The molecule has 0 N–H and O–H groups in total. The Bertz CT molecular complexity index is 1150. The van der Waals surface area contributed by atoms with Crippen molar-refractivity contribution in [1.82, 2.24) is 9.97 Å². The number of rotatable bonds is 15. The van der Waals surface area contributed by atoms with Gasteiger partial charge in [-0.3, -0.25) is 0 Å². The first-order valence-corrected chi connectivity index (χ1v) is 13.8. The Morgan fingerprint density at radius 3 is 2.11 bits per heavy atom. The highest BCUT2D eigenvalue weighted by Gasteiger charge is 2.13. The Morgan fingerprint density at radius 2 is 1.43 bits per heavy atom. The van der Waals surface area contributed by atoms with Crippen LogP contribution in [0.15, 0.2) is 54.9 Å². The summed E-state index contributed by atoms with van der Waals surface area (Å²) in [6.45, 7) is 4.42. The van der Waals surface area contributed by atoms with E-state index in [1.54, 1.807) is 24.3 Å². The van der Waals surface area contributed by atoms with Crippen molar-refractivity contribution >= 4 is 5.97 Å². The molecule has 0 atom stereocenters. The first-order valence-electron chi connectivity index (χ1n) is 13.8. The Hall–Kier alpha value is -3.52. The smallest absolute Gasteiger partial charge is 0.343 e. The maximum Gasteiger partial charge on any atom is 0.343 e. The van der Waals surface area contributed by atoms with Gasteiger partial charge in [0, 0.05) is 18.0 Å². The minimum absolute atomic E-state index is 0.380. The lowest BCUT2D eigenvalue weighted by Gasteiger charge is -2.09. The molecule has 0 fully saturated rings. The largest absolute Gasteiger partial charge is 0.423 e. The number of benzene rings is 2. The molecule has 194 valence electrons. The van der Waals surface area contributed by atoms with Gasteiger partial charge in [-0.1, -0.05) is 71.3 Å². The molecule has 1 aromatic heterocycles. The summed E-state index contributed by atoms with van der Waals surface area (Å²) in [6.07, 6.45) is 17.8. The molecule has 0 aliphatic heterocycles. The summed E-state index contributed by atoms with van der Waals surface area (Å²) < 4.78 is 5.56. The third kappa shape index (κ3) is 9.13. The molecule has 0 aliphatic rings. The van der Waals surface area contributed by atoms with Gasteiger partial charge in [0.05, 0.1) is 17.2 Å². The van der Waals surface area contributed by atoms with E-state index in [1.165, 1.54) is 51.4 Å². The molecule has 37 heavy (non-hydrogen) atoms. The third-order valence-electron chi connectivity index (χ3n) is 6.61. The van der Waals surface area contributed by atoms with Gasteiger partial charge in [-0.15, -0.1) is 0 Å². The molecule has 3 rings (SSSR count). The van der Waals surface area contributed by atoms with Crippen molar-refractivity contribution in [2.45, 2.75) is 90.9 Å². The molecule has 5 nitrogen and oxygen atoms in total. The molecule has 0 radical (unpaired) electrons. The molecule has 0 saturated carbocycles. The summed E-state index contributed by atoms with van der Waals surface area (Å²) in [5, 5.41) is 9.61. The van der Waals surface area contributed by atoms with Crippen molar-refractivity contribution in [2.75, 3.05) is 0 Å². The number of nitriles is 1. The Balaban J connectivity index is 1.53. The highest BCUT2D eigenvalue weighted by atomic mass is 16.5. The fourth-order valence-electron chi connectivity index (χ4n) is 4.35. The number of esters is 1. The van der Waals surface area contributed by atoms with Crippen LogP contribution in [0.3, 0.4) is 0 Å². The van der Waals surface area contributed by atoms with Crippen LogP contribution in [-0.2, 0) is 12.8 Å². The zero-order valence-electron chi connectivity index (χ0n) is 22.3. The monoisotopic (exact) mass is 497 g/mol. The van der Waals surface area contributed by atoms with Crippen molar-refractivity contribution in [3.8, 4) is 23.2 Å². The van der Waals surface area contributed by atoms with Crippen LogP contribution in [0.5, 0.6) is 5.75 Å². The minimum atomic E-state index is -0.473. The van der Waals surface area contributed by atoms with Gasteiger partial charge in [-0.05, 0) is 73.2 Å². The van der Waals surface area contributed by atoms with Crippen LogP contribution in [-0.4, -0.2) is 15.9 Å². The summed E-state index contributed by atoms with van der Waals surface area (Å²) >= 11 is 0. The number of aromatic nitrogens is 2. The van der Waals surface area contributed by atoms with Gasteiger partial charge in [-0.2, -0.15) is 5.26 Å². The number of nitrogens with zero attached hydrogens (tertiary/aromatic N) is 3. The molecular formula is C32H39N3O2. The maximum absolute atomic E-state index is 12.7. The molecule has 5 heteroatoms. The minimum Gasteiger partial charge on any atom is -0.423 e. The molecule has 2 aromatic carbocycles. The second-order valence-corrected chi connectivity index (χ2v) is 9.64. The standard InChI is InChI=1S/C32H39N3O2/c1-3-5-7-8-9-10-12-14-26-15-16-28(21-29(26)22-33)32(36)37-30-19-17-27(18-20-30)31-34-23-25(24-35-31)13-11-6-4-2/h15-21,23-24H,3-14H2,1-2H3. The zero-order valence-corrected chi connectivity index (χ0v) is 22.3. The number of carbonyl (C=O) groups is 1. The highest BCUT2D eigenvalue weighted by Crippen LogP contribution is 2.22. The average molecular weight is 498 g/mol. The summed E-state index contributed by atoms with van der Waals surface area (Å²) in [6, 6.07) is 14.7. The SMILES string of the molecule is CCCCCCCCCc1ccc(C(=O)Oc2ccc(-c3ncc(CCCCC)cn3)cc2)cc1C#N. The number of ether oxygens (including phenoxy) is 1. The number of hydrogen-bond acceptors (Lipinski definition) is 5. The Labute approximate surface area is 221 Å². The van der Waals surface area contributed by atoms with Gasteiger partial charge < -0.3 is 4.74 Å². The predicted octanol–water partition coefficient (Wildman–Crippen LogP) is 8.26. The highest BCUT2D eigenvalue weighted by molar-refractivity contribution is 5.91. The van der Waals surface area contributed by atoms with Crippen LogP contribution < -0.4 is 4.74 Å². The first-order chi connectivity index (χ1) is 18.1. The van der Waals surface area contributed by atoms with Crippen LogP contribution in [0, 0.1) is 11.3 Å². The van der Waals surface area contributed by atoms with E-state index in [4.69, 9.17) is 4.74 Å². The maximum atomic E-state index is 12.7. The van der Waals surface area contributed by atoms with Gasteiger partial charge in [0.1, 0.15) is 5.75 Å². The van der Waals surface area contributed by atoms with Crippen LogP contribution in [0.25, 0.3) is 11.4 Å². The van der Waals surface area contributed by atoms with Crippen LogP contribution in [0.1, 0.15) is 105 Å². The lowest BCUT2D eigenvalue weighted by molar-refractivity contribution is 0.0734. The molecule has 0 amide bonds. The van der Waals surface area contributed by atoms with Crippen molar-refractivity contribution < 1.29 is 9.53 Å². The number of carbonyl (C=O) groups excluding carboxylic acids is 1. The van der Waals surface area contributed by atoms with E-state index in [-0.39, 0.29) is 0 Å². The van der Waals surface area contributed by atoms with Crippen molar-refractivity contribution in [3.63, 3.8) is 0 Å². The molecule has 0 spiro atoms. The van der Waals surface area contributed by atoms with E-state index in [1.807, 2.05) is 30.6 Å². The lowest BCUT2D eigenvalue weighted by Crippen LogP contribution is -2.09. The Kier molecular flexibility index (Phi) is 11.8. The normalized spacial score (nSPS) is 10.7. The van der Waals surface area contributed by atoms with E-state index in [0.717, 1.165) is 42.4 Å². The fourth-order valence-corrected chi connectivity index (χ4v) is 4.35. The molecule has 0 bridgehead atoms. The van der Waals surface area contributed by atoms with Gasteiger partial charge in [0.2, 0.25) is 0 Å². The quantitative estimate of drug-likeness (QED) is 0.120. The van der Waals surface area contributed by atoms with Crippen molar-refractivity contribution in [3.05, 3.63) is 77.1 Å². The fraction of sp³-hybridized carbons (Fsp3) is 0.438. The first kappa shape index (κ1) is 28.1. The Morgan fingerprint density at radius 1 is 0.811 bits per heavy atom. The molecule has 0 aliphatic carbocycles. The summed E-state index contributed by atoms with van der Waals surface area (Å²) in [5.74, 6) is 0.613. The molecule has 1 heterocycles. The third-order valence-corrected chi connectivity index (χ3v) is 6.61. The summed E-state index contributed by atoms with van der Waals surface area (Å²) in [5.41, 5.74) is 3.93. The van der Waals surface area contributed by atoms with Crippen LogP contribution in [0.2, 0.25) is 0 Å². The van der Waals surface area contributed by atoms with E-state index >= 15 is 0 Å². The van der Waals surface area contributed by atoms with Crippen molar-refractivity contribution in [2.24, 2.45) is 0 Å². The van der Waals surface area contributed by atoms with E-state index in [0.29, 0.717) is 22.7 Å². The number of unbranched alkanes of at least 4 members (excludes halogenated alkanes) is 8. The van der Waals surface area contributed by atoms with Gasteiger partial charge in [-0.25, -0.2) is 14.8 Å². The van der Waals surface area contributed by atoms with E-state index < -0.39 is 5.97 Å². The number of hydrogen-bond donors (Lipinski definition) is 0. The van der Waals surface area contributed by atoms with E-state index in [9.17, 15) is 10.1 Å². The second-order valence-electron chi connectivity index (χ2n) is 9.64. The van der Waals surface area contributed by atoms with Gasteiger partial charge in [0.25, 0.3) is 0 Å². The lowest BCUT2D eigenvalue weighted by atomic mass is 9.99. The molecule has 3 aromatic rings. The van der Waals surface area contributed by atoms with Crippen LogP contribution >= 0.6 is 0 Å². The topological polar surface area (TPSA) is 75.9 Å².